The van der Waals surface area contributed by atoms with Gasteiger partial charge in [0.05, 0.1) is 24.7 Å². The normalized spacial score (nSPS) is 9.56. The molecule has 0 spiro atoms. The lowest BCUT2D eigenvalue weighted by Gasteiger charge is -2.07. The van der Waals surface area contributed by atoms with Crippen LogP contribution in [-0.4, -0.2) is 17.7 Å². The molecule has 1 N–H and O–H groups in total. The Labute approximate surface area is 102 Å². The van der Waals surface area contributed by atoms with Gasteiger partial charge in [-0.3, -0.25) is 4.79 Å². The molecule has 84 valence electrons. The Morgan fingerprint density at radius 3 is 2.81 bits per heavy atom. The van der Waals surface area contributed by atoms with E-state index >= 15 is 0 Å². The zero-order valence-corrected chi connectivity index (χ0v) is 10.2. The Hall–Kier alpha value is -1.54. The average Bonchev–Trinajstić information content (AvgIpc) is 2.23. The Balaban J connectivity index is 2.98. The highest BCUT2D eigenvalue weighted by Gasteiger charge is 2.13. The van der Waals surface area contributed by atoms with Crippen molar-refractivity contribution in [3.63, 3.8) is 0 Å². The molecular formula is C11H10BrNO3. The molecule has 0 saturated carbocycles. The fourth-order valence-corrected chi connectivity index (χ4v) is 1.81. The third-order valence-electron chi connectivity index (χ3n) is 1.93. The number of phenols is 1. The largest absolute Gasteiger partial charge is 0.508 e. The highest BCUT2D eigenvalue weighted by Crippen LogP contribution is 2.28. The number of halogens is 1. The smallest absolute Gasteiger partial charge is 0.310 e. The molecule has 0 aliphatic rings. The maximum Gasteiger partial charge on any atom is 0.310 e. The van der Waals surface area contributed by atoms with Crippen molar-refractivity contribution in [3.05, 3.63) is 27.7 Å². The molecule has 1 aromatic carbocycles. The van der Waals surface area contributed by atoms with Crippen LogP contribution in [0.25, 0.3) is 0 Å². The highest BCUT2D eigenvalue weighted by molar-refractivity contribution is 9.10. The molecule has 0 aliphatic heterocycles. The van der Waals surface area contributed by atoms with Gasteiger partial charge >= 0.3 is 5.97 Å². The summed E-state index contributed by atoms with van der Waals surface area (Å²) in [5.41, 5.74) is 0.759. The number of rotatable bonds is 3. The molecule has 0 aliphatic carbocycles. The second-order valence-electron chi connectivity index (χ2n) is 3.05. The van der Waals surface area contributed by atoms with Crippen molar-refractivity contribution in [1.82, 2.24) is 0 Å². The molecule has 0 saturated heterocycles. The molecule has 4 nitrogen and oxygen atoms in total. The number of hydrogen-bond acceptors (Lipinski definition) is 4. The number of phenolic OH excluding ortho intramolecular Hbond substituents is 1. The van der Waals surface area contributed by atoms with E-state index in [1.165, 1.54) is 6.07 Å². The van der Waals surface area contributed by atoms with Crippen molar-refractivity contribution in [1.29, 1.82) is 5.26 Å². The number of ether oxygens (including phenoxy) is 1. The molecule has 16 heavy (non-hydrogen) atoms. The predicted molar refractivity (Wildman–Crippen MR) is 60.9 cm³/mol. The van der Waals surface area contributed by atoms with Gasteiger partial charge in [-0.2, -0.15) is 5.26 Å². The van der Waals surface area contributed by atoms with Crippen LogP contribution < -0.4 is 0 Å². The number of nitriles is 1. The first-order valence-electron chi connectivity index (χ1n) is 4.65. The quantitative estimate of drug-likeness (QED) is 0.863. The van der Waals surface area contributed by atoms with E-state index in [2.05, 4.69) is 15.9 Å². The van der Waals surface area contributed by atoms with Crippen molar-refractivity contribution in [2.75, 3.05) is 6.61 Å². The van der Waals surface area contributed by atoms with Gasteiger partial charge in [0.2, 0.25) is 0 Å². The van der Waals surface area contributed by atoms with Crippen molar-refractivity contribution < 1.29 is 14.6 Å². The van der Waals surface area contributed by atoms with Crippen LogP contribution in [0, 0.1) is 11.3 Å². The summed E-state index contributed by atoms with van der Waals surface area (Å²) in [6.07, 6.45) is -0.0219. The fraction of sp³-hybridized carbons (Fsp3) is 0.273. The van der Waals surface area contributed by atoms with Gasteiger partial charge in [-0.05, 0) is 19.1 Å². The van der Waals surface area contributed by atoms with E-state index < -0.39 is 5.97 Å². The lowest BCUT2D eigenvalue weighted by Crippen LogP contribution is -2.08. The number of nitrogens with zero attached hydrogens (tertiary/aromatic N) is 1. The maximum absolute atomic E-state index is 11.3. The number of carbonyl (C=O) groups excluding carboxylic acids is 1. The molecular weight excluding hydrogens is 274 g/mol. The summed E-state index contributed by atoms with van der Waals surface area (Å²) in [6, 6.07) is 4.78. The van der Waals surface area contributed by atoms with Gasteiger partial charge in [0, 0.05) is 10.0 Å². The van der Waals surface area contributed by atoms with Crippen molar-refractivity contribution in [2.45, 2.75) is 13.3 Å². The van der Waals surface area contributed by atoms with Gasteiger partial charge in [-0.15, -0.1) is 0 Å². The Kier molecular flexibility index (Phi) is 4.32. The number of carbonyl (C=O) groups is 1. The van der Waals surface area contributed by atoms with Crippen molar-refractivity contribution in [3.8, 4) is 11.8 Å². The van der Waals surface area contributed by atoms with Crippen LogP contribution in [0.15, 0.2) is 16.6 Å². The minimum Gasteiger partial charge on any atom is -0.508 e. The molecule has 0 unspecified atom stereocenters. The van der Waals surface area contributed by atoms with Crippen LogP contribution in [-0.2, 0) is 16.0 Å². The Morgan fingerprint density at radius 1 is 1.62 bits per heavy atom. The van der Waals surface area contributed by atoms with E-state index in [4.69, 9.17) is 10.00 Å². The number of aromatic hydroxyl groups is 1. The number of esters is 1. The SMILES string of the molecule is CCOC(=O)Cc1c(O)cc(C#N)cc1Br. The van der Waals surface area contributed by atoms with Gasteiger partial charge < -0.3 is 9.84 Å². The summed E-state index contributed by atoms with van der Waals surface area (Å²) in [5.74, 6) is -0.498. The molecule has 5 heteroatoms. The summed E-state index contributed by atoms with van der Waals surface area (Å²) in [5, 5.41) is 18.3. The van der Waals surface area contributed by atoms with Crippen LogP contribution in [0.1, 0.15) is 18.1 Å². The second-order valence-corrected chi connectivity index (χ2v) is 3.90. The third-order valence-corrected chi connectivity index (χ3v) is 2.64. The second kappa shape index (κ2) is 5.52. The zero-order valence-electron chi connectivity index (χ0n) is 8.66. The van der Waals surface area contributed by atoms with Crippen molar-refractivity contribution >= 4 is 21.9 Å². The minimum atomic E-state index is -0.414. The van der Waals surface area contributed by atoms with Gasteiger partial charge in [0.1, 0.15) is 5.75 Å². The molecule has 0 amide bonds. The maximum atomic E-state index is 11.3. The number of benzene rings is 1. The van der Waals surface area contributed by atoms with E-state index in [0.29, 0.717) is 22.2 Å². The first-order valence-corrected chi connectivity index (χ1v) is 5.45. The van der Waals surface area contributed by atoms with Crippen LogP contribution in [0.4, 0.5) is 0 Å². The monoisotopic (exact) mass is 283 g/mol. The summed E-state index contributed by atoms with van der Waals surface area (Å²) in [4.78, 5) is 11.3. The Bertz CT molecular complexity index is 428. The molecule has 1 rings (SSSR count). The lowest BCUT2D eigenvalue weighted by atomic mass is 10.1. The summed E-state index contributed by atoms with van der Waals surface area (Å²) in [7, 11) is 0. The molecule has 0 atom stereocenters. The first kappa shape index (κ1) is 12.5. The Morgan fingerprint density at radius 2 is 2.31 bits per heavy atom. The summed E-state index contributed by atoms with van der Waals surface area (Å²) in [6.45, 7) is 2.01. The topological polar surface area (TPSA) is 70.3 Å². The molecule has 0 bridgehead atoms. The fourth-order valence-electron chi connectivity index (χ4n) is 1.22. The molecule has 0 fully saturated rings. The average molecular weight is 284 g/mol. The van der Waals surface area contributed by atoms with E-state index in [-0.39, 0.29) is 12.2 Å². The van der Waals surface area contributed by atoms with Crippen molar-refractivity contribution in [2.24, 2.45) is 0 Å². The van der Waals surface area contributed by atoms with E-state index in [1.807, 2.05) is 6.07 Å². The van der Waals surface area contributed by atoms with Crippen LogP contribution in [0.5, 0.6) is 5.75 Å². The van der Waals surface area contributed by atoms with Gasteiger partial charge in [0.25, 0.3) is 0 Å². The molecule has 0 radical (unpaired) electrons. The molecule has 0 aromatic heterocycles. The number of hydrogen-bond donors (Lipinski definition) is 1. The standard InChI is InChI=1S/C11H10BrNO3/c1-2-16-11(15)5-8-9(12)3-7(6-13)4-10(8)14/h3-4,14H,2,5H2,1H3. The van der Waals surface area contributed by atoms with E-state index in [0.717, 1.165) is 0 Å². The van der Waals surface area contributed by atoms with E-state index in [9.17, 15) is 9.90 Å². The van der Waals surface area contributed by atoms with Gasteiger partial charge in [0.15, 0.2) is 0 Å². The molecule has 0 heterocycles. The minimum absolute atomic E-state index is 0.0219. The lowest BCUT2D eigenvalue weighted by molar-refractivity contribution is -0.142. The summed E-state index contributed by atoms with van der Waals surface area (Å²) >= 11 is 3.20. The van der Waals surface area contributed by atoms with Crippen LogP contribution in [0.2, 0.25) is 0 Å². The zero-order chi connectivity index (χ0) is 12.1. The molecule has 1 aromatic rings. The van der Waals surface area contributed by atoms with E-state index in [1.54, 1.807) is 13.0 Å². The van der Waals surface area contributed by atoms with Gasteiger partial charge in [-0.1, -0.05) is 15.9 Å². The van der Waals surface area contributed by atoms with Crippen LogP contribution >= 0.6 is 15.9 Å². The first-order chi connectivity index (χ1) is 7.58. The third kappa shape index (κ3) is 2.97. The van der Waals surface area contributed by atoms with Crippen LogP contribution in [0.3, 0.4) is 0 Å². The predicted octanol–water partition coefficient (Wildman–Crippen LogP) is 2.13. The van der Waals surface area contributed by atoms with Gasteiger partial charge in [-0.25, -0.2) is 0 Å². The highest BCUT2D eigenvalue weighted by atomic mass is 79.9. The summed E-state index contributed by atoms with van der Waals surface area (Å²) < 4.78 is 5.30.